The molecule has 1 heterocycles. The number of hydrogen-bond acceptors (Lipinski definition) is 3. The van der Waals surface area contributed by atoms with Gasteiger partial charge < -0.3 is 5.73 Å². The Labute approximate surface area is 104 Å². The van der Waals surface area contributed by atoms with Crippen LogP contribution in [0.2, 0.25) is 5.02 Å². The van der Waals surface area contributed by atoms with Crippen molar-refractivity contribution in [2.75, 3.05) is 0 Å². The maximum atomic E-state index is 12.2. The molecule has 0 unspecified atom stereocenters. The maximum absolute atomic E-state index is 12.2. The molecule has 0 bridgehead atoms. The smallest absolute Gasteiger partial charge is 0.194 e. The van der Waals surface area contributed by atoms with Crippen molar-refractivity contribution in [3.63, 3.8) is 0 Å². The van der Waals surface area contributed by atoms with Gasteiger partial charge in [0.05, 0.1) is 10.7 Å². The molecule has 1 aromatic carbocycles. The van der Waals surface area contributed by atoms with Crippen LogP contribution in [0.3, 0.4) is 0 Å². The van der Waals surface area contributed by atoms with Crippen LogP contribution in [0.5, 0.6) is 0 Å². The van der Waals surface area contributed by atoms with Crippen LogP contribution in [0, 0.1) is 0 Å². The molecule has 2 rings (SSSR count). The summed E-state index contributed by atoms with van der Waals surface area (Å²) in [7, 11) is 0. The second-order valence-electron chi connectivity index (χ2n) is 3.55. The minimum atomic E-state index is -0.118. The summed E-state index contributed by atoms with van der Waals surface area (Å²) >= 11 is 5.98. The Balaban J connectivity index is 2.40. The molecule has 17 heavy (non-hydrogen) atoms. The molecule has 0 fully saturated rings. The highest BCUT2D eigenvalue weighted by atomic mass is 35.5. The van der Waals surface area contributed by atoms with E-state index in [1.54, 1.807) is 42.6 Å². The minimum Gasteiger partial charge on any atom is -0.325 e. The van der Waals surface area contributed by atoms with E-state index in [2.05, 4.69) is 4.98 Å². The Morgan fingerprint density at radius 1 is 1.29 bits per heavy atom. The standard InChI is InChI=1S/C13H11ClN2O/c14-12-4-2-1-3-11(12)13(17)9-5-6-16-10(7-9)8-15/h1-7H,8,15H2. The predicted molar refractivity (Wildman–Crippen MR) is 67.0 cm³/mol. The number of pyridine rings is 1. The van der Waals surface area contributed by atoms with Crippen LogP contribution in [0.15, 0.2) is 42.6 Å². The lowest BCUT2D eigenvalue weighted by Gasteiger charge is -2.04. The second kappa shape index (κ2) is 5.08. The topological polar surface area (TPSA) is 56.0 Å². The molecule has 0 amide bonds. The molecule has 0 radical (unpaired) electrons. The molecule has 0 aliphatic heterocycles. The lowest BCUT2D eigenvalue weighted by atomic mass is 10.0. The van der Waals surface area contributed by atoms with E-state index in [1.165, 1.54) is 0 Å². The van der Waals surface area contributed by atoms with E-state index in [1.807, 2.05) is 0 Å². The van der Waals surface area contributed by atoms with Crippen molar-refractivity contribution < 1.29 is 4.79 Å². The van der Waals surface area contributed by atoms with Crippen LogP contribution in [0.25, 0.3) is 0 Å². The average molecular weight is 247 g/mol. The van der Waals surface area contributed by atoms with Gasteiger partial charge >= 0.3 is 0 Å². The molecule has 0 atom stereocenters. The molecule has 0 aliphatic rings. The molecule has 4 heteroatoms. The van der Waals surface area contributed by atoms with Gasteiger partial charge in [-0.2, -0.15) is 0 Å². The van der Waals surface area contributed by atoms with Gasteiger partial charge in [-0.25, -0.2) is 0 Å². The van der Waals surface area contributed by atoms with E-state index in [-0.39, 0.29) is 5.78 Å². The highest BCUT2D eigenvalue weighted by Gasteiger charge is 2.12. The highest BCUT2D eigenvalue weighted by Crippen LogP contribution is 2.19. The van der Waals surface area contributed by atoms with E-state index < -0.39 is 0 Å². The summed E-state index contributed by atoms with van der Waals surface area (Å²) in [6.07, 6.45) is 1.58. The normalized spacial score (nSPS) is 10.2. The summed E-state index contributed by atoms with van der Waals surface area (Å²) in [6, 6.07) is 10.3. The van der Waals surface area contributed by atoms with E-state index in [9.17, 15) is 4.79 Å². The Bertz CT molecular complexity index is 555. The number of ketones is 1. The summed E-state index contributed by atoms with van der Waals surface area (Å²) in [5, 5.41) is 0.448. The van der Waals surface area contributed by atoms with Crippen molar-refractivity contribution in [1.82, 2.24) is 4.98 Å². The fraction of sp³-hybridized carbons (Fsp3) is 0.0769. The number of rotatable bonds is 3. The second-order valence-corrected chi connectivity index (χ2v) is 3.96. The average Bonchev–Trinajstić information content (AvgIpc) is 2.38. The molecule has 1 aromatic heterocycles. The van der Waals surface area contributed by atoms with Crippen LogP contribution in [-0.4, -0.2) is 10.8 Å². The van der Waals surface area contributed by atoms with Gasteiger partial charge in [0, 0.05) is 23.9 Å². The monoisotopic (exact) mass is 246 g/mol. The lowest BCUT2D eigenvalue weighted by molar-refractivity contribution is 0.103. The largest absolute Gasteiger partial charge is 0.325 e. The van der Waals surface area contributed by atoms with Crippen LogP contribution < -0.4 is 5.73 Å². The first-order valence-corrected chi connectivity index (χ1v) is 5.54. The Hall–Kier alpha value is -1.71. The van der Waals surface area contributed by atoms with Crippen molar-refractivity contribution in [3.8, 4) is 0 Å². The van der Waals surface area contributed by atoms with Gasteiger partial charge in [-0.1, -0.05) is 23.7 Å². The number of benzene rings is 1. The number of aromatic nitrogens is 1. The lowest BCUT2D eigenvalue weighted by Crippen LogP contribution is -2.05. The molecule has 2 N–H and O–H groups in total. The van der Waals surface area contributed by atoms with E-state index in [4.69, 9.17) is 17.3 Å². The van der Waals surface area contributed by atoms with Crippen molar-refractivity contribution in [1.29, 1.82) is 0 Å². The summed E-state index contributed by atoms with van der Waals surface area (Å²) in [5.41, 5.74) is 7.21. The number of nitrogens with two attached hydrogens (primary N) is 1. The quantitative estimate of drug-likeness (QED) is 0.847. The number of nitrogens with zero attached hydrogens (tertiary/aromatic N) is 1. The predicted octanol–water partition coefficient (Wildman–Crippen LogP) is 2.42. The third kappa shape index (κ3) is 2.52. The maximum Gasteiger partial charge on any atom is 0.194 e. The third-order valence-corrected chi connectivity index (χ3v) is 2.74. The van der Waals surface area contributed by atoms with Crippen LogP contribution in [0.4, 0.5) is 0 Å². The molecule has 0 saturated carbocycles. The van der Waals surface area contributed by atoms with Gasteiger partial charge in [0.2, 0.25) is 0 Å². The minimum absolute atomic E-state index is 0.118. The fourth-order valence-corrected chi connectivity index (χ4v) is 1.75. The molecular weight excluding hydrogens is 236 g/mol. The Morgan fingerprint density at radius 3 is 2.76 bits per heavy atom. The van der Waals surface area contributed by atoms with Gasteiger partial charge in [-0.15, -0.1) is 0 Å². The SMILES string of the molecule is NCc1cc(C(=O)c2ccccc2Cl)ccn1. The summed E-state index contributed by atoms with van der Waals surface area (Å²) < 4.78 is 0. The van der Waals surface area contributed by atoms with Gasteiger partial charge in [-0.05, 0) is 24.3 Å². The van der Waals surface area contributed by atoms with Gasteiger partial charge in [0.25, 0.3) is 0 Å². The van der Waals surface area contributed by atoms with Crippen molar-refractivity contribution in [2.45, 2.75) is 6.54 Å². The third-order valence-electron chi connectivity index (χ3n) is 2.41. The summed E-state index contributed by atoms with van der Waals surface area (Å²) in [4.78, 5) is 16.2. The van der Waals surface area contributed by atoms with Gasteiger partial charge in [-0.3, -0.25) is 9.78 Å². The number of carbonyl (C=O) groups is 1. The first kappa shape index (κ1) is 11.8. The zero-order chi connectivity index (χ0) is 12.3. The Kier molecular flexibility index (Phi) is 3.52. The molecular formula is C13H11ClN2O. The van der Waals surface area contributed by atoms with Crippen molar-refractivity contribution >= 4 is 17.4 Å². The van der Waals surface area contributed by atoms with Crippen LogP contribution in [0.1, 0.15) is 21.6 Å². The number of halogens is 1. The van der Waals surface area contributed by atoms with Crippen LogP contribution >= 0.6 is 11.6 Å². The molecule has 2 aromatic rings. The molecule has 0 spiro atoms. The number of hydrogen-bond donors (Lipinski definition) is 1. The van der Waals surface area contributed by atoms with E-state index in [0.29, 0.717) is 28.4 Å². The zero-order valence-electron chi connectivity index (χ0n) is 9.06. The van der Waals surface area contributed by atoms with Gasteiger partial charge in [0.1, 0.15) is 0 Å². The highest BCUT2D eigenvalue weighted by molar-refractivity contribution is 6.34. The van der Waals surface area contributed by atoms with Crippen molar-refractivity contribution in [2.24, 2.45) is 5.73 Å². The first-order valence-electron chi connectivity index (χ1n) is 5.16. The van der Waals surface area contributed by atoms with Crippen molar-refractivity contribution in [3.05, 3.63) is 64.4 Å². The summed E-state index contributed by atoms with van der Waals surface area (Å²) in [6.45, 7) is 0.309. The van der Waals surface area contributed by atoms with E-state index in [0.717, 1.165) is 0 Å². The zero-order valence-corrected chi connectivity index (χ0v) is 9.82. The molecule has 86 valence electrons. The molecule has 0 saturated heterocycles. The number of carbonyl (C=O) groups excluding carboxylic acids is 1. The van der Waals surface area contributed by atoms with Gasteiger partial charge in [0.15, 0.2) is 5.78 Å². The Morgan fingerprint density at radius 2 is 2.06 bits per heavy atom. The summed E-state index contributed by atoms with van der Waals surface area (Å²) in [5.74, 6) is -0.118. The van der Waals surface area contributed by atoms with E-state index >= 15 is 0 Å². The molecule has 0 aliphatic carbocycles. The fourth-order valence-electron chi connectivity index (χ4n) is 1.53. The first-order chi connectivity index (χ1) is 8.22. The van der Waals surface area contributed by atoms with Crippen LogP contribution in [-0.2, 0) is 6.54 Å². The molecule has 3 nitrogen and oxygen atoms in total.